The van der Waals surface area contributed by atoms with Crippen LogP contribution in [0.5, 0.6) is 5.75 Å². The minimum absolute atomic E-state index is 0.183. The molecule has 0 radical (unpaired) electrons. The van der Waals surface area contributed by atoms with Gasteiger partial charge in [-0.2, -0.15) is 0 Å². The lowest BCUT2D eigenvalue weighted by molar-refractivity contribution is -0.122. The third kappa shape index (κ3) is 5.24. The molecule has 28 heavy (non-hydrogen) atoms. The number of rotatable bonds is 6. The van der Waals surface area contributed by atoms with Crippen molar-refractivity contribution >= 4 is 39.1 Å². The van der Waals surface area contributed by atoms with Crippen LogP contribution in [0.1, 0.15) is 12.5 Å². The molecule has 0 saturated heterocycles. The molecule has 7 heteroatoms. The first-order valence-corrected chi connectivity index (χ1v) is 9.76. The van der Waals surface area contributed by atoms with Crippen LogP contribution in [-0.4, -0.2) is 16.6 Å². The number of aromatic nitrogens is 1. The number of hydrogen-bond donors (Lipinski definition) is 1. The number of amides is 1. The smallest absolute Gasteiger partial charge is 0.265 e. The predicted octanol–water partition coefficient (Wildman–Crippen LogP) is 4.72. The third-order valence-electron chi connectivity index (χ3n) is 4.05. The Bertz CT molecular complexity index is 1030. The van der Waals surface area contributed by atoms with Crippen molar-refractivity contribution in [1.82, 2.24) is 4.57 Å². The second-order valence-corrected chi connectivity index (χ2v) is 7.50. The van der Waals surface area contributed by atoms with Gasteiger partial charge in [-0.25, -0.2) is 0 Å². The van der Waals surface area contributed by atoms with E-state index in [4.69, 9.17) is 16.3 Å². The number of ether oxygens (including phenoxy) is 1. The van der Waals surface area contributed by atoms with E-state index in [2.05, 4.69) is 21.2 Å². The second-order valence-electron chi connectivity index (χ2n) is 6.18. The highest BCUT2D eigenvalue weighted by molar-refractivity contribution is 9.10. The Balaban J connectivity index is 1.70. The molecule has 1 atom stereocenters. The second kappa shape index (κ2) is 9.08. The lowest BCUT2D eigenvalue weighted by Gasteiger charge is -2.15. The van der Waals surface area contributed by atoms with Gasteiger partial charge in [0.05, 0.1) is 12.2 Å². The number of halogens is 2. The van der Waals surface area contributed by atoms with E-state index in [9.17, 15) is 9.59 Å². The van der Waals surface area contributed by atoms with E-state index in [1.165, 1.54) is 10.6 Å². The standard InChI is InChI=1S/C21H18BrClN2O3/c1-14(28-18-9-6-16(22)7-10-18)21(27)24-17-8-11-20(26)25(13-17)12-15-4-2-3-5-19(15)23/h2-11,13-14H,12H2,1H3,(H,24,27). The first-order valence-electron chi connectivity index (χ1n) is 8.59. The van der Waals surface area contributed by atoms with Crippen molar-refractivity contribution in [2.24, 2.45) is 0 Å². The Morgan fingerprint density at radius 1 is 1.14 bits per heavy atom. The highest BCUT2D eigenvalue weighted by Crippen LogP contribution is 2.18. The molecule has 3 rings (SSSR count). The van der Waals surface area contributed by atoms with Crippen molar-refractivity contribution in [1.29, 1.82) is 0 Å². The monoisotopic (exact) mass is 460 g/mol. The van der Waals surface area contributed by atoms with E-state index in [0.29, 0.717) is 23.0 Å². The van der Waals surface area contributed by atoms with Gasteiger partial charge < -0.3 is 14.6 Å². The molecule has 5 nitrogen and oxygen atoms in total. The van der Waals surface area contributed by atoms with E-state index in [1.807, 2.05) is 30.3 Å². The van der Waals surface area contributed by atoms with Crippen LogP contribution in [0.3, 0.4) is 0 Å². The first kappa shape index (κ1) is 20.2. The number of nitrogens with one attached hydrogen (secondary N) is 1. The molecule has 1 N–H and O–H groups in total. The molecule has 3 aromatic rings. The molecule has 0 spiro atoms. The summed E-state index contributed by atoms with van der Waals surface area (Å²) < 4.78 is 8.08. The summed E-state index contributed by atoms with van der Waals surface area (Å²) in [6.45, 7) is 1.98. The number of benzene rings is 2. The lowest BCUT2D eigenvalue weighted by Crippen LogP contribution is -2.31. The maximum atomic E-state index is 12.4. The van der Waals surface area contributed by atoms with Gasteiger partial charge in [0, 0.05) is 21.8 Å². The summed E-state index contributed by atoms with van der Waals surface area (Å²) in [6, 6.07) is 17.5. The molecule has 1 aromatic heterocycles. The Labute approximate surface area is 176 Å². The summed E-state index contributed by atoms with van der Waals surface area (Å²) in [6.07, 6.45) is 0.890. The quantitative estimate of drug-likeness (QED) is 0.578. The Kier molecular flexibility index (Phi) is 6.54. The van der Waals surface area contributed by atoms with E-state index in [-0.39, 0.29) is 11.5 Å². The Morgan fingerprint density at radius 3 is 2.57 bits per heavy atom. The normalized spacial score (nSPS) is 11.7. The summed E-state index contributed by atoms with van der Waals surface area (Å²) in [5.41, 5.74) is 1.14. The van der Waals surface area contributed by atoms with Gasteiger partial charge in [-0.3, -0.25) is 9.59 Å². The zero-order valence-electron chi connectivity index (χ0n) is 15.1. The van der Waals surface area contributed by atoms with Gasteiger partial charge >= 0.3 is 0 Å². The fraction of sp³-hybridized carbons (Fsp3) is 0.143. The van der Waals surface area contributed by atoms with Crippen molar-refractivity contribution in [2.75, 3.05) is 5.32 Å². The highest BCUT2D eigenvalue weighted by Gasteiger charge is 2.15. The van der Waals surface area contributed by atoms with Crippen molar-refractivity contribution in [3.63, 3.8) is 0 Å². The zero-order valence-corrected chi connectivity index (χ0v) is 17.4. The zero-order chi connectivity index (χ0) is 20.1. The van der Waals surface area contributed by atoms with Crippen LogP contribution in [0.4, 0.5) is 5.69 Å². The summed E-state index contributed by atoms with van der Waals surface area (Å²) >= 11 is 9.53. The number of hydrogen-bond acceptors (Lipinski definition) is 3. The van der Waals surface area contributed by atoms with Crippen LogP contribution in [0.2, 0.25) is 5.02 Å². The average molecular weight is 462 g/mol. The van der Waals surface area contributed by atoms with Crippen LogP contribution < -0.4 is 15.6 Å². The van der Waals surface area contributed by atoms with Gasteiger partial charge in [0.15, 0.2) is 6.10 Å². The summed E-state index contributed by atoms with van der Waals surface area (Å²) in [7, 11) is 0. The summed E-state index contributed by atoms with van der Waals surface area (Å²) in [5, 5.41) is 3.36. The molecular weight excluding hydrogens is 444 g/mol. The number of carbonyl (C=O) groups is 1. The molecule has 2 aromatic carbocycles. The first-order chi connectivity index (χ1) is 13.4. The SMILES string of the molecule is CC(Oc1ccc(Br)cc1)C(=O)Nc1ccc(=O)n(Cc2ccccc2Cl)c1. The summed E-state index contributed by atoms with van der Waals surface area (Å²) in [5.74, 6) is 0.278. The molecule has 1 heterocycles. The van der Waals surface area contributed by atoms with Gasteiger partial charge in [-0.15, -0.1) is 0 Å². The van der Waals surface area contributed by atoms with Gasteiger partial charge in [-0.1, -0.05) is 45.7 Å². The number of anilines is 1. The van der Waals surface area contributed by atoms with Crippen LogP contribution in [0.15, 0.2) is 76.1 Å². The molecule has 0 saturated carbocycles. The summed E-state index contributed by atoms with van der Waals surface area (Å²) in [4.78, 5) is 24.6. The van der Waals surface area contributed by atoms with Crippen molar-refractivity contribution in [3.05, 3.63) is 92.3 Å². The molecule has 144 valence electrons. The van der Waals surface area contributed by atoms with Gasteiger partial charge in [0.2, 0.25) is 0 Å². The third-order valence-corrected chi connectivity index (χ3v) is 4.94. The molecule has 1 amide bonds. The van der Waals surface area contributed by atoms with Crippen LogP contribution in [0.25, 0.3) is 0 Å². The van der Waals surface area contributed by atoms with E-state index in [1.54, 1.807) is 37.4 Å². The van der Waals surface area contributed by atoms with E-state index < -0.39 is 6.10 Å². The van der Waals surface area contributed by atoms with Crippen molar-refractivity contribution in [2.45, 2.75) is 19.6 Å². The number of pyridine rings is 1. The molecular formula is C21H18BrClN2O3. The minimum Gasteiger partial charge on any atom is -0.481 e. The van der Waals surface area contributed by atoms with E-state index >= 15 is 0 Å². The van der Waals surface area contributed by atoms with Gasteiger partial charge in [0.1, 0.15) is 5.75 Å². The topological polar surface area (TPSA) is 60.3 Å². The molecule has 0 aliphatic carbocycles. The number of nitrogens with zero attached hydrogens (tertiary/aromatic N) is 1. The van der Waals surface area contributed by atoms with Crippen LogP contribution >= 0.6 is 27.5 Å². The average Bonchev–Trinajstić information content (AvgIpc) is 2.68. The van der Waals surface area contributed by atoms with Gasteiger partial charge in [0.25, 0.3) is 11.5 Å². The molecule has 0 aliphatic heterocycles. The van der Waals surface area contributed by atoms with Crippen molar-refractivity contribution in [3.8, 4) is 5.75 Å². The molecule has 0 aliphatic rings. The largest absolute Gasteiger partial charge is 0.481 e. The molecule has 0 bridgehead atoms. The van der Waals surface area contributed by atoms with Crippen LogP contribution in [0, 0.1) is 0 Å². The predicted molar refractivity (Wildman–Crippen MR) is 114 cm³/mol. The molecule has 0 fully saturated rings. The minimum atomic E-state index is -0.704. The van der Waals surface area contributed by atoms with Gasteiger partial charge in [-0.05, 0) is 48.9 Å². The highest BCUT2D eigenvalue weighted by atomic mass is 79.9. The Hall–Kier alpha value is -2.57. The fourth-order valence-corrected chi connectivity index (χ4v) is 3.01. The maximum Gasteiger partial charge on any atom is 0.265 e. The fourth-order valence-electron chi connectivity index (χ4n) is 2.55. The Morgan fingerprint density at radius 2 is 1.86 bits per heavy atom. The van der Waals surface area contributed by atoms with Crippen molar-refractivity contribution < 1.29 is 9.53 Å². The number of carbonyl (C=O) groups excluding carboxylic acids is 1. The molecule has 1 unspecified atom stereocenters. The maximum absolute atomic E-state index is 12.4. The van der Waals surface area contributed by atoms with E-state index in [0.717, 1.165) is 10.0 Å². The lowest BCUT2D eigenvalue weighted by atomic mass is 10.2. The van der Waals surface area contributed by atoms with Crippen LogP contribution in [-0.2, 0) is 11.3 Å².